The van der Waals surface area contributed by atoms with Crippen LogP contribution in [0.15, 0.2) is 12.7 Å². The van der Waals surface area contributed by atoms with Crippen LogP contribution in [0.3, 0.4) is 0 Å². The average molecular weight is 226 g/mol. The zero-order valence-corrected chi connectivity index (χ0v) is 10.6. The average Bonchev–Trinajstić information content (AvgIpc) is 2.28. The van der Waals surface area contributed by atoms with Crippen molar-refractivity contribution < 1.29 is 4.79 Å². The fourth-order valence-corrected chi connectivity index (χ4v) is 1.48. The van der Waals surface area contributed by atoms with Crippen LogP contribution in [0, 0.1) is 0 Å². The van der Waals surface area contributed by atoms with Crippen molar-refractivity contribution in [3.63, 3.8) is 0 Å². The van der Waals surface area contributed by atoms with Crippen LogP contribution in [-0.2, 0) is 4.79 Å². The Bertz CT molecular complexity index is 181. The number of hydrogen-bond donors (Lipinski definition) is 2. The molecule has 1 amide bonds. The van der Waals surface area contributed by atoms with E-state index in [2.05, 4.69) is 24.1 Å². The molecule has 0 unspecified atom stereocenters. The molecule has 0 aliphatic heterocycles. The van der Waals surface area contributed by atoms with Gasteiger partial charge in [0.1, 0.15) is 0 Å². The molecular formula is C13H26N2O. The van der Waals surface area contributed by atoms with Gasteiger partial charge >= 0.3 is 0 Å². The van der Waals surface area contributed by atoms with E-state index >= 15 is 0 Å². The lowest BCUT2D eigenvalue weighted by Gasteiger charge is -2.05. The molecule has 3 heteroatoms. The van der Waals surface area contributed by atoms with Crippen LogP contribution in [0.2, 0.25) is 0 Å². The second-order valence-electron chi connectivity index (χ2n) is 4.04. The molecule has 0 rings (SSSR count). The Morgan fingerprint density at radius 2 is 1.88 bits per heavy atom. The fourth-order valence-electron chi connectivity index (χ4n) is 1.48. The van der Waals surface area contributed by atoms with Gasteiger partial charge in [0.2, 0.25) is 5.91 Å². The maximum Gasteiger partial charge on any atom is 0.233 e. The van der Waals surface area contributed by atoms with Gasteiger partial charge in [0.15, 0.2) is 0 Å². The first-order valence-corrected chi connectivity index (χ1v) is 6.39. The molecule has 0 saturated heterocycles. The third-order valence-corrected chi connectivity index (χ3v) is 2.43. The molecule has 0 aromatic heterocycles. The Hall–Kier alpha value is -0.830. The van der Waals surface area contributed by atoms with Gasteiger partial charge in [0.05, 0.1) is 6.54 Å². The number of amides is 1. The highest BCUT2D eigenvalue weighted by Gasteiger charge is 1.97. The van der Waals surface area contributed by atoms with E-state index in [9.17, 15) is 4.79 Å². The van der Waals surface area contributed by atoms with Crippen molar-refractivity contribution in [2.45, 2.75) is 45.4 Å². The largest absolute Gasteiger partial charge is 0.355 e. The number of unbranched alkanes of at least 4 members (excludes halogenated alkanes) is 5. The van der Waals surface area contributed by atoms with E-state index in [-0.39, 0.29) is 5.91 Å². The molecule has 0 aromatic rings. The van der Waals surface area contributed by atoms with Gasteiger partial charge in [0, 0.05) is 13.1 Å². The van der Waals surface area contributed by atoms with Crippen molar-refractivity contribution >= 4 is 5.91 Å². The van der Waals surface area contributed by atoms with Crippen LogP contribution in [0.4, 0.5) is 0 Å². The molecule has 2 N–H and O–H groups in total. The summed E-state index contributed by atoms with van der Waals surface area (Å²) in [6, 6.07) is 0. The van der Waals surface area contributed by atoms with Gasteiger partial charge < -0.3 is 10.6 Å². The molecule has 0 fully saturated rings. The van der Waals surface area contributed by atoms with Crippen LogP contribution in [0.1, 0.15) is 45.4 Å². The summed E-state index contributed by atoms with van der Waals surface area (Å²) < 4.78 is 0. The van der Waals surface area contributed by atoms with Crippen LogP contribution in [-0.4, -0.2) is 25.5 Å². The van der Waals surface area contributed by atoms with Crippen molar-refractivity contribution in [2.24, 2.45) is 0 Å². The van der Waals surface area contributed by atoms with Crippen molar-refractivity contribution in [2.75, 3.05) is 19.6 Å². The van der Waals surface area contributed by atoms with Crippen LogP contribution < -0.4 is 10.6 Å². The minimum atomic E-state index is 0.0791. The van der Waals surface area contributed by atoms with Crippen molar-refractivity contribution in [1.82, 2.24) is 10.6 Å². The van der Waals surface area contributed by atoms with E-state index in [1.165, 1.54) is 32.1 Å². The van der Waals surface area contributed by atoms with Crippen LogP contribution in [0.25, 0.3) is 0 Å². The first kappa shape index (κ1) is 15.2. The molecule has 0 spiro atoms. The zero-order valence-electron chi connectivity index (χ0n) is 10.6. The van der Waals surface area contributed by atoms with Crippen molar-refractivity contribution in [3.8, 4) is 0 Å². The lowest BCUT2D eigenvalue weighted by molar-refractivity contribution is -0.120. The molecule has 94 valence electrons. The lowest BCUT2D eigenvalue weighted by Crippen LogP contribution is -2.34. The van der Waals surface area contributed by atoms with E-state index in [1.807, 2.05) is 0 Å². The summed E-state index contributed by atoms with van der Waals surface area (Å²) in [5.41, 5.74) is 0. The van der Waals surface area contributed by atoms with Gasteiger partial charge in [-0.3, -0.25) is 4.79 Å². The standard InChI is InChI=1S/C13H26N2O/c1-3-5-6-7-8-9-11-15-13(16)12-14-10-4-2/h4,14H,2-3,5-12H2,1H3,(H,15,16). The van der Waals surface area contributed by atoms with E-state index < -0.39 is 0 Å². The van der Waals surface area contributed by atoms with Crippen molar-refractivity contribution in [1.29, 1.82) is 0 Å². The van der Waals surface area contributed by atoms with Gasteiger partial charge in [-0.1, -0.05) is 45.1 Å². The summed E-state index contributed by atoms with van der Waals surface area (Å²) in [6.07, 6.45) is 9.30. The van der Waals surface area contributed by atoms with Gasteiger partial charge in [-0.15, -0.1) is 6.58 Å². The van der Waals surface area contributed by atoms with Crippen molar-refractivity contribution in [3.05, 3.63) is 12.7 Å². The van der Waals surface area contributed by atoms with Gasteiger partial charge in [-0.2, -0.15) is 0 Å². The van der Waals surface area contributed by atoms with E-state index in [1.54, 1.807) is 6.08 Å². The molecule has 0 aliphatic rings. The molecule has 0 aromatic carbocycles. The Morgan fingerprint density at radius 3 is 2.56 bits per heavy atom. The minimum absolute atomic E-state index is 0.0791. The molecule has 0 radical (unpaired) electrons. The van der Waals surface area contributed by atoms with E-state index in [4.69, 9.17) is 0 Å². The highest BCUT2D eigenvalue weighted by molar-refractivity contribution is 5.77. The topological polar surface area (TPSA) is 41.1 Å². The summed E-state index contributed by atoms with van der Waals surface area (Å²) in [5, 5.41) is 5.87. The summed E-state index contributed by atoms with van der Waals surface area (Å²) in [4.78, 5) is 11.2. The summed E-state index contributed by atoms with van der Waals surface area (Å²) in [5.74, 6) is 0.0791. The van der Waals surface area contributed by atoms with Gasteiger partial charge in [-0.05, 0) is 6.42 Å². The molecule has 0 heterocycles. The summed E-state index contributed by atoms with van der Waals surface area (Å²) in [6.45, 7) is 7.67. The Labute approximate surface area is 99.7 Å². The first-order chi connectivity index (χ1) is 7.81. The first-order valence-electron chi connectivity index (χ1n) is 6.39. The molecule has 0 atom stereocenters. The van der Waals surface area contributed by atoms with E-state index in [0.717, 1.165) is 13.0 Å². The highest BCUT2D eigenvalue weighted by Crippen LogP contribution is 2.03. The maximum absolute atomic E-state index is 11.2. The van der Waals surface area contributed by atoms with Gasteiger partial charge in [-0.25, -0.2) is 0 Å². The second kappa shape index (κ2) is 12.2. The molecule has 16 heavy (non-hydrogen) atoms. The number of nitrogens with one attached hydrogen (secondary N) is 2. The van der Waals surface area contributed by atoms with Gasteiger partial charge in [0.25, 0.3) is 0 Å². The maximum atomic E-state index is 11.2. The highest BCUT2D eigenvalue weighted by atomic mass is 16.1. The minimum Gasteiger partial charge on any atom is -0.355 e. The molecule has 0 aliphatic carbocycles. The lowest BCUT2D eigenvalue weighted by atomic mass is 10.1. The number of carbonyl (C=O) groups excluding carboxylic acids is 1. The molecular weight excluding hydrogens is 200 g/mol. The molecule has 0 saturated carbocycles. The Kier molecular flexibility index (Phi) is 11.6. The normalized spacial score (nSPS) is 10.1. The Balaban J connectivity index is 3.12. The summed E-state index contributed by atoms with van der Waals surface area (Å²) in [7, 11) is 0. The SMILES string of the molecule is C=CCNCC(=O)NCCCCCCCC. The summed E-state index contributed by atoms with van der Waals surface area (Å²) >= 11 is 0. The number of carbonyl (C=O) groups is 1. The van der Waals surface area contributed by atoms with E-state index in [0.29, 0.717) is 13.1 Å². The monoisotopic (exact) mass is 226 g/mol. The third kappa shape index (κ3) is 11.2. The predicted octanol–water partition coefficient (Wildman–Crippen LogP) is 2.24. The van der Waals surface area contributed by atoms with Crippen LogP contribution in [0.5, 0.6) is 0 Å². The zero-order chi connectivity index (χ0) is 12.1. The smallest absolute Gasteiger partial charge is 0.233 e. The van der Waals surface area contributed by atoms with Crippen LogP contribution >= 0.6 is 0 Å². The third-order valence-electron chi connectivity index (χ3n) is 2.43. The number of hydrogen-bond acceptors (Lipinski definition) is 2. The Morgan fingerprint density at radius 1 is 1.19 bits per heavy atom. The second-order valence-corrected chi connectivity index (χ2v) is 4.04. The molecule has 0 bridgehead atoms. The quantitative estimate of drug-likeness (QED) is 0.419. The number of rotatable bonds is 11. The fraction of sp³-hybridized carbons (Fsp3) is 0.769. The predicted molar refractivity (Wildman–Crippen MR) is 69.5 cm³/mol. The molecule has 3 nitrogen and oxygen atoms in total.